The second kappa shape index (κ2) is 7.46. The lowest BCUT2D eigenvalue weighted by atomic mass is 10.0. The number of nitrogens with zero attached hydrogens (tertiary/aromatic N) is 1. The number of rotatable bonds is 5. The van der Waals surface area contributed by atoms with Gasteiger partial charge in [0.05, 0.1) is 0 Å². The van der Waals surface area contributed by atoms with Crippen molar-refractivity contribution in [3.63, 3.8) is 0 Å². The summed E-state index contributed by atoms with van der Waals surface area (Å²) in [6.07, 6.45) is 6.07. The van der Waals surface area contributed by atoms with Crippen LogP contribution in [0.1, 0.15) is 13.8 Å². The van der Waals surface area contributed by atoms with E-state index in [1.165, 1.54) is 11.1 Å². The Balaban J connectivity index is 2.43. The molecule has 2 aromatic rings. The van der Waals surface area contributed by atoms with Crippen LogP contribution in [0.5, 0.6) is 0 Å². The zero-order valence-corrected chi connectivity index (χ0v) is 13.6. The summed E-state index contributed by atoms with van der Waals surface area (Å²) in [6.45, 7) is 8.00. The topological polar surface area (TPSA) is 3.24 Å². The first kappa shape index (κ1) is 15.8. The Hall–Kier alpha value is -2.54. The second-order valence-corrected chi connectivity index (χ2v) is 5.25. The van der Waals surface area contributed by atoms with Gasteiger partial charge in [0.2, 0.25) is 0 Å². The Kier molecular flexibility index (Phi) is 5.37. The van der Waals surface area contributed by atoms with Gasteiger partial charge < -0.3 is 4.90 Å². The smallest absolute Gasteiger partial charge is 0.0434 e. The van der Waals surface area contributed by atoms with Crippen LogP contribution in [-0.4, -0.2) is 7.05 Å². The van der Waals surface area contributed by atoms with E-state index in [4.69, 9.17) is 0 Å². The number of hydrogen-bond donors (Lipinski definition) is 0. The molecule has 0 bridgehead atoms. The molecule has 0 N–H and O–H groups in total. The molecule has 0 radical (unpaired) electrons. The maximum absolute atomic E-state index is 3.89. The Morgan fingerprint density at radius 1 is 1.00 bits per heavy atom. The maximum Gasteiger partial charge on any atom is 0.0434 e. The van der Waals surface area contributed by atoms with E-state index in [2.05, 4.69) is 86.1 Å². The Morgan fingerprint density at radius 2 is 1.68 bits per heavy atom. The van der Waals surface area contributed by atoms with Crippen molar-refractivity contribution in [1.82, 2.24) is 0 Å². The van der Waals surface area contributed by atoms with Gasteiger partial charge in [0.1, 0.15) is 0 Å². The van der Waals surface area contributed by atoms with Crippen molar-refractivity contribution in [3.05, 3.63) is 90.7 Å². The summed E-state index contributed by atoms with van der Waals surface area (Å²) in [5.41, 5.74) is 5.93. The van der Waals surface area contributed by atoms with E-state index in [1.54, 1.807) is 0 Å². The first-order chi connectivity index (χ1) is 10.7. The van der Waals surface area contributed by atoms with Gasteiger partial charge in [0.25, 0.3) is 0 Å². The van der Waals surface area contributed by atoms with Crippen molar-refractivity contribution in [3.8, 4) is 11.1 Å². The number of allylic oxidation sites excluding steroid dienone is 4. The minimum absolute atomic E-state index is 1.16. The number of anilines is 1. The van der Waals surface area contributed by atoms with E-state index >= 15 is 0 Å². The maximum atomic E-state index is 3.89. The van der Waals surface area contributed by atoms with E-state index in [0.29, 0.717) is 0 Å². The van der Waals surface area contributed by atoms with Crippen molar-refractivity contribution in [2.75, 3.05) is 11.9 Å². The fourth-order valence-corrected chi connectivity index (χ4v) is 2.43. The summed E-state index contributed by atoms with van der Waals surface area (Å²) >= 11 is 0. The van der Waals surface area contributed by atoms with Crippen LogP contribution in [0, 0.1) is 0 Å². The van der Waals surface area contributed by atoms with E-state index in [0.717, 1.165) is 17.0 Å². The lowest BCUT2D eigenvalue weighted by molar-refractivity contribution is 1.11. The zero-order valence-electron chi connectivity index (χ0n) is 13.6. The van der Waals surface area contributed by atoms with Gasteiger partial charge in [-0.15, -0.1) is 0 Å². The third kappa shape index (κ3) is 3.56. The largest absolute Gasteiger partial charge is 0.344 e. The quantitative estimate of drug-likeness (QED) is 0.626. The first-order valence-corrected chi connectivity index (χ1v) is 7.52. The normalized spacial score (nSPS) is 12.1. The summed E-state index contributed by atoms with van der Waals surface area (Å²) in [5, 5.41) is 0. The standard InChI is InChI=1S/C21H23N/c1-5-11-21(17(3)6-2)22(4)20-15-10-14-19(16-20)18-12-8-7-9-13-18/h5-16H,2H2,1,3-4H3/b11-5-,21-17+. The van der Waals surface area contributed by atoms with E-state index in [9.17, 15) is 0 Å². The molecule has 0 saturated heterocycles. The van der Waals surface area contributed by atoms with Gasteiger partial charge in [-0.05, 0) is 48.8 Å². The molecule has 0 aromatic heterocycles. The molecule has 0 spiro atoms. The van der Waals surface area contributed by atoms with E-state index in [-0.39, 0.29) is 0 Å². The highest BCUT2D eigenvalue weighted by Crippen LogP contribution is 2.27. The summed E-state index contributed by atoms with van der Waals surface area (Å²) in [4.78, 5) is 2.20. The Morgan fingerprint density at radius 3 is 2.32 bits per heavy atom. The third-order valence-corrected chi connectivity index (χ3v) is 3.74. The summed E-state index contributed by atoms with van der Waals surface area (Å²) < 4.78 is 0. The van der Waals surface area contributed by atoms with Gasteiger partial charge in [0, 0.05) is 18.4 Å². The molecule has 0 heterocycles. The van der Waals surface area contributed by atoms with Crippen LogP contribution in [0.3, 0.4) is 0 Å². The van der Waals surface area contributed by atoms with Crippen LogP contribution in [0.25, 0.3) is 11.1 Å². The molecule has 0 atom stereocenters. The SMILES string of the molecule is C=C/C(C)=C(\C=C/C)N(C)c1cccc(-c2ccccc2)c1. The number of benzene rings is 2. The fourth-order valence-electron chi connectivity index (χ4n) is 2.43. The average Bonchev–Trinajstić information content (AvgIpc) is 2.59. The molecule has 22 heavy (non-hydrogen) atoms. The van der Waals surface area contributed by atoms with Crippen LogP contribution in [0.15, 0.2) is 90.7 Å². The molecule has 0 amide bonds. The molecule has 112 valence electrons. The summed E-state index contributed by atoms with van der Waals surface area (Å²) in [7, 11) is 2.09. The molecular weight excluding hydrogens is 266 g/mol. The van der Waals surface area contributed by atoms with Crippen molar-refractivity contribution in [2.45, 2.75) is 13.8 Å². The lowest BCUT2D eigenvalue weighted by Gasteiger charge is -2.23. The minimum atomic E-state index is 1.16. The molecule has 1 nitrogen and oxygen atoms in total. The van der Waals surface area contributed by atoms with Gasteiger partial charge in [-0.2, -0.15) is 0 Å². The highest BCUT2D eigenvalue weighted by molar-refractivity contribution is 5.70. The minimum Gasteiger partial charge on any atom is -0.344 e. The van der Waals surface area contributed by atoms with Crippen molar-refractivity contribution >= 4 is 5.69 Å². The van der Waals surface area contributed by atoms with E-state index in [1.807, 2.05) is 19.1 Å². The van der Waals surface area contributed by atoms with Crippen LogP contribution >= 0.6 is 0 Å². The van der Waals surface area contributed by atoms with Gasteiger partial charge in [-0.1, -0.05) is 61.2 Å². The van der Waals surface area contributed by atoms with Crippen molar-refractivity contribution < 1.29 is 0 Å². The number of hydrogen-bond acceptors (Lipinski definition) is 1. The highest BCUT2D eigenvalue weighted by atomic mass is 15.1. The molecule has 2 aromatic carbocycles. The van der Waals surface area contributed by atoms with Gasteiger partial charge in [0.15, 0.2) is 0 Å². The summed E-state index contributed by atoms with van der Waals surface area (Å²) in [6, 6.07) is 19.0. The van der Waals surface area contributed by atoms with Crippen LogP contribution in [0.2, 0.25) is 0 Å². The lowest BCUT2D eigenvalue weighted by Crippen LogP contribution is -2.16. The zero-order chi connectivity index (χ0) is 15.9. The molecule has 1 heteroatoms. The highest BCUT2D eigenvalue weighted by Gasteiger charge is 2.08. The molecule has 0 saturated carbocycles. The Bertz CT molecular complexity index is 693. The van der Waals surface area contributed by atoms with Crippen LogP contribution < -0.4 is 4.90 Å². The third-order valence-electron chi connectivity index (χ3n) is 3.74. The second-order valence-electron chi connectivity index (χ2n) is 5.25. The van der Waals surface area contributed by atoms with Crippen LogP contribution in [-0.2, 0) is 0 Å². The first-order valence-electron chi connectivity index (χ1n) is 7.52. The Labute approximate surface area is 133 Å². The predicted octanol–water partition coefficient (Wildman–Crippen LogP) is 5.83. The van der Waals surface area contributed by atoms with Gasteiger partial charge in [-0.3, -0.25) is 0 Å². The van der Waals surface area contributed by atoms with Crippen molar-refractivity contribution in [1.29, 1.82) is 0 Å². The molecule has 0 fully saturated rings. The molecule has 2 rings (SSSR count). The fraction of sp³-hybridized carbons (Fsp3) is 0.143. The number of likely N-dealkylation sites (N-methyl/N-ethyl adjacent to an activating group) is 1. The molecule has 0 aliphatic heterocycles. The van der Waals surface area contributed by atoms with E-state index < -0.39 is 0 Å². The van der Waals surface area contributed by atoms with Crippen molar-refractivity contribution in [2.24, 2.45) is 0 Å². The molecular formula is C21H23N. The molecule has 0 unspecified atom stereocenters. The monoisotopic (exact) mass is 289 g/mol. The van der Waals surface area contributed by atoms with Gasteiger partial charge in [-0.25, -0.2) is 0 Å². The van der Waals surface area contributed by atoms with Crippen LogP contribution in [0.4, 0.5) is 5.69 Å². The van der Waals surface area contributed by atoms with Gasteiger partial charge >= 0.3 is 0 Å². The summed E-state index contributed by atoms with van der Waals surface area (Å²) in [5.74, 6) is 0. The predicted molar refractivity (Wildman–Crippen MR) is 98.0 cm³/mol. The molecule has 0 aliphatic carbocycles. The molecule has 0 aliphatic rings. The average molecular weight is 289 g/mol.